The summed E-state index contributed by atoms with van der Waals surface area (Å²) in [6, 6.07) is 16.4. The number of amides is 1. The highest BCUT2D eigenvalue weighted by atomic mass is 16.5. The number of carbonyl (C=O) groups is 1. The average molecular weight is 340 g/mol. The van der Waals surface area contributed by atoms with Crippen molar-refractivity contribution in [3.05, 3.63) is 65.2 Å². The Bertz CT molecular complexity index is 665. The van der Waals surface area contributed by atoms with E-state index in [-0.39, 0.29) is 5.91 Å². The third-order valence-electron chi connectivity index (χ3n) is 4.29. The standard InChI is InChI=1S/C21H28N2O2/c1-5-17-6-8-18(9-7-17)14-22(2)16-21(24)23(3)15-19-10-12-20(25-4)13-11-19/h6-13H,5,14-16H2,1-4H3. The normalized spacial score (nSPS) is 10.8. The van der Waals surface area contributed by atoms with E-state index in [1.807, 2.05) is 43.3 Å². The summed E-state index contributed by atoms with van der Waals surface area (Å²) < 4.78 is 5.16. The van der Waals surface area contributed by atoms with Gasteiger partial charge >= 0.3 is 0 Å². The zero-order valence-electron chi connectivity index (χ0n) is 15.7. The molecule has 0 N–H and O–H groups in total. The molecular weight excluding hydrogens is 312 g/mol. The lowest BCUT2D eigenvalue weighted by Gasteiger charge is -2.22. The summed E-state index contributed by atoms with van der Waals surface area (Å²) >= 11 is 0. The third-order valence-corrected chi connectivity index (χ3v) is 4.29. The van der Waals surface area contributed by atoms with Gasteiger partial charge in [-0.3, -0.25) is 9.69 Å². The van der Waals surface area contributed by atoms with Gasteiger partial charge in [0, 0.05) is 20.1 Å². The number of aryl methyl sites for hydroxylation is 1. The molecule has 0 saturated heterocycles. The molecule has 2 aromatic rings. The molecule has 0 fully saturated rings. The van der Waals surface area contributed by atoms with Gasteiger partial charge in [-0.1, -0.05) is 43.3 Å². The van der Waals surface area contributed by atoms with E-state index in [0.717, 1.165) is 24.3 Å². The third kappa shape index (κ3) is 5.91. The van der Waals surface area contributed by atoms with Gasteiger partial charge < -0.3 is 9.64 Å². The van der Waals surface area contributed by atoms with Gasteiger partial charge in [-0.05, 0) is 42.3 Å². The molecule has 25 heavy (non-hydrogen) atoms. The van der Waals surface area contributed by atoms with Crippen LogP contribution in [0.4, 0.5) is 0 Å². The van der Waals surface area contributed by atoms with E-state index in [9.17, 15) is 4.79 Å². The molecular formula is C21H28N2O2. The molecule has 134 valence electrons. The summed E-state index contributed by atoms with van der Waals surface area (Å²) in [5, 5.41) is 0. The summed E-state index contributed by atoms with van der Waals surface area (Å²) in [6.45, 7) is 3.93. The quantitative estimate of drug-likeness (QED) is 0.739. The van der Waals surface area contributed by atoms with Gasteiger partial charge in [-0.15, -0.1) is 0 Å². The summed E-state index contributed by atoms with van der Waals surface area (Å²) in [4.78, 5) is 16.2. The van der Waals surface area contributed by atoms with Crippen LogP contribution in [-0.2, 0) is 24.3 Å². The Labute approximate surface area is 151 Å². The first-order valence-corrected chi connectivity index (χ1v) is 8.65. The lowest BCUT2D eigenvalue weighted by atomic mass is 10.1. The van der Waals surface area contributed by atoms with Gasteiger partial charge in [0.15, 0.2) is 0 Å². The van der Waals surface area contributed by atoms with Crippen LogP contribution in [0.5, 0.6) is 5.75 Å². The maximum atomic E-state index is 12.4. The average Bonchev–Trinajstić information content (AvgIpc) is 2.62. The number of benzene rings is 2. The Morgan fingerprint density at radius 2 is 1.40 bits per heavy atom. The van der Waals surface area contributed by atoms with E-state index < -0.39 is 0 Å². The van der Waals surface area contributed by atoms with Crippen LogP contribution in [0.1, 0.15) is 23.6 Å². The van der Waals surface area contributed by atoms with Crippen LogP contribution >= 0.6 is 0 Å². The molecule has 0 aliphatic rings. The van der Waals surface area contributed by atoms with E-state index in [4.69, 9.17) is 4.74 Å². The molecule has 0 aliphatic carbocycles. The van der Waals surface area contributed by atoms with Crippen molar-refractivity contribution in [3.8, 4) is 5.75 Å². The Morgan fingerprint density at radius 1 is 0.880 bits per heavy atom. The first-order chi connectivity index (χ1) is 12.0. The summed E-state index contributed by atoms with van der Waals surface area (Å²) in [5.74, 6) is 0.940. The summed E-state index contributed by atoms with van der Waals surface area (Å²) in [7, 11) is 5.47. The highest BCUT2D eigenvalue weighted by molar-refractivity contribution is 5.77. The molecule has 0 heterocycles. The Hall–Kier alpha value is -2.33. The van der Waals surface area contributed by atoms with Crippen molar-refractivity contribution in [2.24, 2.45) is 0 Å². The van der Waals surface area contributed by atoms with E-state index >= 15 is 0 Å². The minimum absolute atomic E-state index is 0.114. The predicted molar refractivity (Wildman–Crippen MR) is 102 cm³/mol. The zero-order chi connectivity index (χ0) is 18.2. The van der Waals surface area contributed by atoms with Crippen molar-refractivity contribution in [1.29, 1.82) is 0 Å². The van der Waals surface area contributed by atoms with Crippen LogP contribution in [0, 0.1) is 0 Å². The number of rotatable bonds is 8. The SMILES string of the molecule is CCc1ccc(CN(C)CC(=O)N(C)Cc2ccc(OC)cc2)cc1. The molecule has 0 atom stereocenters. The summed E-state index contributed by atoms with van der Waals surface area (Å²) in [6.07, 6.45) is 1.05. The fourth-order valence-corrected chi connectivity index (χ4v) is 2.69. The van der Waals surface area contributed by atoms with Crippen molar-refractivity contribution in [3.63, 3.8) is 0 Å². The lowest BCUT2D eigenvalue weighted by molar-refractivity contribution is -0.131. The van der Waals surface area contributed by atoms with Crippen LogP contribution in [0.3, 0.4) is 0 Å². The number of methoxy groups -OCH3 is 1. The maximum Gasteiger partial charge on any atom is 0.236 e. The first kappa shape index (κ1) is 19.0. The van der Waals surface area contributed by atoms with Crippen molar-refractivity contribution in [2.45, 2.75) is 26.4 Å². The highest BCUT2D eigenvalue weighted by Gasteiger charge is 2.12. The lowest BCUT2D eigenvalue weighted by Crippen LogP contribution is -2.36. The topological polar surface area (TPSA) is 32.8 Å². The van der Waals surface area contributed by atoms with Crippen LogP contribution in [0.15, 0.2) is 48.5 Å². The molecule has 0 spiro atoms. The molecule has 0 aromatic heterocycles. The number of carbonyl (C=O) groups excluding carboxylic acids is 1. The number of nitrogens with zero attached hydrogens (tertiary/aromatic N) is 2. The minimum Gasteiger partial charge on any atom is -0.497 e. The molecule has 2 rings (SSSR count). The molecule has 4 heteroatoms. The van der Waals surface area contributed by atoms with Gasteiger partial charge in [-0.25, -0.2) is 0 Å². The number of ether oxygens (including phenoxy) is 1. The van der Waals surface area contributed by atoms with Crippen LogP contribution in [0.25, 0.3) is 0 Å². The fraction of sp³-hybridized carbons (Fsp3) is 0.381. The van der Waals surface area contributed by atoms with Gasteiger partial charge in [0.25, 0.3) is 0 Å². The number of likely N-dealkylation sites (N-methyl/N-ethyl adjacent to an activating group) is 2. The second-order valence-corrected chi connectivity index (χ2v) is 6.44. The Morgan fingerprint density at radius 3 is 1.96 bits per heavy atom. The number of hydrogen-bond acceptors (Lipinski definition) is 3. The van der Waals surface area contributed by atoms with Crippen molar-refractivity contribution < 1.29 is 9.53 Å². The fourth-order valence-electron chi connectivity index (χ4n) is 2.69. The maximum absolute atomic E-state index is 12.4. The molecule has 0 radical (unpaired) electrons. The molecule has 0 unspecified atom stereocenters. The summed E-state index contributed by atoms with van der Waals surface area (Å²) in [5.41, 5.74) is 3.65. The van der Waals surface area contributed by atoms with Crippen molar-refractivity contribution in [1.82, 2.24) is 9.80 Å². The van der Waals surface area contributed by atoms with Gasteiger partial charge in [0.2, 0.25) is 5.91 Å². The molecule has 0 aliphatic heterocycles. The Balaban J connectivity index is 1.84. The smallest absolute Gasteiger partial charge is 0.236 e. The van der Waals surface area contributed by atoms with Crippen LogP contribution < -0.4 is 4.74 Å². The highest BCUT2D eigenvalue weighted by Crippen LogP contribution is 2.13. The second-order valence-electron chi connectivity index (χ2n) is 6.44. The second kappa shape index (κ2) is 9.23. The van der Waals surface area contributed by atoms with E-state index in [2.05, 4.69) is 31.2 Å². The van der Waals surface area contributed by atoms with E-state index in [0.29, 0.717) is 13.1 Å². The molecule has 1 amide bonds. The van der Waals surface area contributed by atoms with Crippen LogP contribution in [-0.4, -0.2) is 43.5 Å². The molecule has 4 nitrogen and oxygen atoms in total. The minimum atomic E-state index is 0.114. The van der Waals surface area contributed by atoms with E-state index in [1.54, 1.807) is 12.0 Å². The Kier molecular flexibility index (Phi) is 7.02. The number of hydrogen-bond donors (Lipinski definition) is 0. The predicted octanol–water partition coefficient (Wildman–Crippen LogP) is 3.35. The van der Waals surface area contributed by atoms with Gasteiger partial charge in [0.05, 0.1) is 13.7 Å². The molecule has 0 saturated carbocycles. The monoisotopic (exact) mass is 340 g/mol. The van der Waals surface area contributed by atoms with Crippen molar-refractivity contribution in [2.75, 3.05) is 27.7 Å². The van der Waals surface area contributed by atoms with Crippen molar-refractivity contribution >= 4 is 5.91 Å². The zero-order valence-corrected chi connectivity index (χ0v) is 15.7. The largest absolute Gasteiger partial charge is 0.497 e. The van der Waals surface area contributed by atoms with Crippen LogP contribution in [0.2, 0.25) is 0 Å². The van der Waals surface area contributed by atoms with Gasteiger partial charge in [-0.2, -0.15) is 0 Å². The van der Waals surface area contributed by atoms with E-state index in [1.165, 1.54) is 11.1 Å². The van der Waals surface area contributed by atoms with Gasteiger partial charge in [0.1, 0.15) is 5.75 Å². The molecule has 2 aromatic carbocycles. The molecule has 0 bridgehead atoms. The first-order valence-electron chi connectivity index (χ1n) is 8.65.